The van der Waals surface area contributed by atoms with Gasteiger partial charge >= 0.3 is 0 Å². The first kappa shape index (κ1) is 15.9. The summed E-state index contributed by atoms with van der Waals surface area (Å²) in [6.45, 7) is 7.39. The Morgan fingerprint density at radius 2 is 1.95 bits per heavy atom. The van der Waals surface area contributed by atoms with Gasteiger partial charge in [-0.15, -0.1) is 0 Å². The van der Waals surface area contributed by atoms with Crippen LogP contribution in [0.15, 0.2) is 34.9 Å². The van der Waals surface area contributed by atoms with Crippen molar-refractivity contribution in [2.45, 2.75) is 33.2 Å². The number of carbonyl (C=O) groups excluding carboxylic acids is 1. The summed E-state index contributed by atoms with van der Waals surface area (Å²) in [6.07, 6.45) is 1.72. The molecular weight excluding hydrogens is 330 g/mol. The van der Waals surface area contributed by atoms with Crippen molar-refractivity contribution in [3.63, 3.8) is 0 Å². The molecule has 5 heteroatoms. The minimum Gasteiger partial charge on any atom is -0.325 e. The molecule has 0 bridgehead atoms. The molecule has 0 aliphatic carbocycles. The Kier molecular flexibility index (Phi) is 4.08. The smallest absolute Gasteiger partial charge is 0.231 e. The number of amides is 1. The highest BCUT2D eigenvalue weighted by Crippen LogP contribution is 2.31. The molecule has 112 valence electrons. The summed E-state index contributed by atoms with van der Waals surface area (Å²) in [5.74, 6) is -0.118. The largest absolute Gasteiger partial charge is 0.325 e. The van der Waals surface area contributed by atoms with Crippen LogP contribution in [-0.4, -0.2) is 16.4 Å². The highest BCUT2D eigenvalue weighted by atomic mass is 79.9. The first-order valence-electron chi connectivity index (χ1n) is 6.77. The second kappa shape index (κ2) is 5.39. The highest BCUT2D eigenvalue weighted by molar-refractivity contribution is 9.10. The first-order chi connectivity index (χ1) is 9.63. The number of nitrogens with one attached hydrogen (secondary N) is 1. The normalized spacial score (nSPS) is 12.5. The molecular formula is C16H20BrN3O. The number of aromatic nitrogens is 1. The number of anilines is 1. The molecule has 0 saturated carbocycles. The van der Waals surface area contributed by atoms with Crippen molar-refractivity contribution < 1.29 is 4.79 Å². The zero-order chi connectivity index (χ0) is 15.8. The van der Waals surface area contributed by atoms with Crippen LogP contribution in [0.2, 0.25) is 0 Å². The summed E-state index contributed by atoms with van der Waals surface area (Å²) in [7, 11) is 0. The van der Waals surface area contributed by atoms with Gasteiger partial charge in [-0.3, -0.25) is 9.78 Å². The molecule has 0 aliphatic rings. The number of nitrogens with two attached hydrogens (primary N) is 1. The van der Waals surface area contributed by atoms with Crippen molar-refractivity contribution in [3.05, 3.63) is 34.9 Å². The SMILES string of the molecule is CC(C)(N)C(C)(C)C(=O)Nc1cccc2cc(Br)cnc12. The Hall–Kier alpha value is -1.46. The number of halogens is 1. The lowest BCUT2D eigenvalue weighted by molar-refractivity contribution is -0.126. The van der Waals surface area contributed by atoms with Crippen LogP contribution >= 0.6 is 15.9 Å². The van der Waals surface area contributed by atoms with Crippen molar-refractivity contribution in [2.75, 3.05) is 5.32 Å². The molecule has 0 unspecified atom stereocenters. The second-order valence-corrected chi connectivity index (χ2v) is 7.25. The molecule has 1 aromatic carbocycles. The van der Waals surface area contributed by atoms with Gasteiger partial charge in [0.15, 0.2) is 0 Å². The molecule has 0 spiro atoms. The third-order valence-electron chi connectivity index (χ3n) is 4.10. The topological polar surface area (TPSA) is 68.0 Å². The minimum atomic E-state index is -0.704. The fourth-order valence-corrected chi connectivity index (χ4v) is 2.16. The maximum absolute atomic E-state index is 12.6. The Morgan fingerprint density at radius 1 is 1.29 bits per heavy atom. The molecule has 1 heterocycles. The van der Waals surface area contributed by atoms with Gasteiger partial charge in [0, 0.05) is 21.6 Å². The van der Waals surface area contributed by atoms with Crippen LogP contribution in [-0.2, 0) is 4.79 Å². The van der Waals surface area contributed by atoms with Gasteiger partial charge < -0.3 is 11.1 Å². The van der Waals surface area contributed by atoms with Crippen molar-refractivity contribution in [1.29, 1.82) is 0 Å². The van der Waals surface area contributed by atoms with Gasteiger partial charge in [0.05, 0.1) is 16.6 Å². The Labute approximate surface area is 133 Å². The summed E-state index contributed by atoms with van der Waals surface area (Å²) in [5, 5.41) is 3.92. The van der Waals surface area contributed by atoms with E-state index in [4.69, 9.17) is 5.73 Å². The maximum atomic E-state index is 12.6. The average Bonchev–Trinajstić information content (AvgIpc) is 2.37. The average molecular weight is 350 g/mol. The molecule has 1 aromatic heterocycles. The number of nitrogens with zero attached hydrogens (tertiary/aromatic N) is 1. The third-order valence-corrected chi connectivity index (χ3v) is 4.54. The van der Waals surface area contributed by atoms with E-state index in [2.05, 4.69) is 26.2 Å². The molecule has 2 rings (SSSR count). The first-order valence-corrected chi connectivity index (χ1v) is 7.57. The van der Waals surface area contributed by atoms with Gasteiger partial charge in [-0.1, -0.05) is 12.1 Å². The summed E-state index contributed by atoms with van der Waals surface area (Å²) in [5.41, 5.74) is 6.25. The van der Waals surface area contributed by atoms with E-state index < -0.39 is 11.0 Å². The fraction of sp³-hybridized carbons (Fsp3) is 0.375. The van der Waals surface area contributed by atoms with Crippen LogP contribution in [0, 0.1) is 5.41 Å². The number of hydrogen-bond acceptors (Lipinski definition) is 3. The van der Waals surface area contributed by atoms with Gasteiger partial charge in [0.1, 0.15) is 0 Å². The Balaban J connectivity index is 2.39. The summed E-state index contributed by atoms with van der Waals surface area (Å²) < 4.78 is 0.905. The van der Waals surface area contributed by atoms with Crippen molar-refractivity contribution in [2.24, 2.45) is 11.1 Å². The van der Waals surface area contributed by atoms with E-state index in [0.29, 0.717) is 5.69 Å². The third kappa shape index (κ3) is 3.09. The zero-order valence-corrected chi connectivity index (χ0v) is 14.3. The quantitative estimate of drug-likeness (QED) is 0.887. The van der Waals surface area contributed by atoms with E-state index >= 15 is 0 Å². The van der Waals surface area contributed by atoms with E-state index in [1.807, 2.05) is 52.0 Å². The van der Waals surface area contributed by atoms with Crippen molar-refractivity contribution in [1.82, 2.24) is 4.98 Å². The molecule has 0 radical (unpaired) electrons. The number of carbonyl (C=O) groups is 1. The number of para-hydroxylation sites is 1. The molecule has 0 aliphatic heterocycles. The van der Waals surface area contributed by atoms with E-state index in [9.17, 15) is 4.79 Å². The highest BCUT2D eigenvalue weighted by Gasteiger charge is 2.40. The molecule has 21 heavy (non-hydrogen) atoms. The van der Waals surface area contributed by atoms with Gasteiger partial charge in [-0.05, 0) is 55.8 Å². The van der Waals surface area contributed by atoms with E-state index in [-0.39, 0.29) is 5.91 Å². The molecule has 1 amide bonds. The monoisotopic (exact) mass is 349 g/mol. The molecule has 2 aromatic rings. The van der Waals surface area contributed by atoms with Crippen LogP contribution in [0.4, 0.5) is 5.69 Å². The predicted molar refractivity (Wildman–Crippen MR) is 90.1 cm³/mol. The lowest BCUT2D eigenvalue weighted by Gasteiger charge is -2.36. The van der Waals surface area contributed by atoms with E-state index in [0.717, 1.165) is 15.4 Å². The zero-order valence-electron chi connectivity index (χ0n) is 12.7. The standard InChI is InChI=1S/C16H20BrN3O/c1-15(2,16(3,4)18)14(21)20-12-7-5-6-10-8-11(17)9-19-13(10)12/h5-9H,18H2,1-4H3,(H,20,21). The molecule has 0 saturated heterocycles. The molecule has 0 atom stereocenters. The van der Waals surface area contributed by atoms with Crippen LogP contribution in [0.5, 0.6) is 0 Å². The number of benzene rings is 1. The van der Waals surface area contributed by atoms with E-state index in [1.165, 1.54) is 0 Å². The van der Waals surface area contributed by atoms with Crippen LogP contribution in [0.1, 0.15) is 27.7 Å². The van der Waals surface area contributed by atoms with Gasteiger partial charge in [0.25, 0.3) is 0 Å². The lowest BCUT2D eigenvalue weighted by Crippen LogP contribution is -2.53. The van der Waals surface area contributed by atoms with Crippen molar-refractivity contribution >= 4 is 38.4 Å². The Bertz CT molecular complexity index is 689. The lowest BCUT2D eigenvalue weighted by atomic mass is 9.74. The van der Waals surface area contributed by atoms with Gasteiger partial charge in [-0.25, -0.2) is 0 Å². The van der Waals surface area contributed by atoms with E-state index in [1.54, 1.807) is 6.20 Å². The Morgan fingerprint density at radius 3 is 2.57 bits per heavy atom. The van der Waals surface area contributed by atoms with Gasteiger partial charge in [-0.2, -0.15) is 0 Å². The fourth-order valence-electron chi connectivity index (χ4n) is 1.81. The predicted octanol–water partition coefficient (Wildman–Crippen LogP) is 3.70. The number of fused-ring (bicyclic) bond motifs is 1. The minimum absolute atomic E-state index is 0.118. The van der Waals surface area contributed by atoms with Crippen LogP contribution in [0.3, 0.4) is 0 Å². The molecule has 3 N–H and O–H groups in total. The second-order valence-electron chi connectivity index (χ2n) is 6.33. The van der Waals surface area contributed by atoms with Gasteiger partial charge in [0.2, 0.25) is 5.91 Å². The summed E-state index contributed by atoms with van der Waals surface area (Å²) in [4.78, 5) is 16.9. The number of rotatable bonds is 3. The van der Waals surface area contributed by atoms with Crippen molar-refractivity contribution in [3.8, 4) is 0 Å². The maximum Gasteiger partial charge on any atom is 0.231 e. The number of pyridine rings is 1. The summed E-state index contributed by atoms with van der Waals surface area (Å²) >= 11 is 3.40. The molecule has 0 fully saturated rings. The van der Waals surface area contributed by atoms with Crippen LogP contribution < -0.4 is 11.1 Å². The number of hydrogen-bond donors (Lipinski definition) is 2. The summed E-state index contributed by atoms with van der Waals surface area (Å²) in [6, 6.07) is 7.67. The van der Waals surface area contributed by atoms with Crippen LogP contribution in [0.25, 0.3) is 10.9 Å². The molecule has 4 nitrogen and oxygen atoms in total.